The molecule has 0 saturated heterocycles. The van der Waals surface area contributed by atoms with Gasteiger partial charge in [-0.1, -0.05) is 20.8 Å². The highest BCUT2D eigenvalue weighted by molar-refractivity contribution is 6.23. The molecule has 0 spiro atoms. The summed E-state index contributed by atoms with van der Waals surface area (Å²) >= 11 is 0. The number of cyclic esters (lactones) is 1. The predicted molar refractivity (Wildman–Crippen MR) is 88.0 cm³/mol. The van der Waals surface area contributed by atoms with E-state index in [2.05, 4.69) is 6.92 Å². The van der Waals surface area contributed by atoms with E-state index in [0.29, 0.717) is 30.6 Å². The van der Waals surface area contributed by atoms with Crippen molar-refractivity contribution in [3.63, 3.8) is 0 Å². The lowest BCUT2D eigenvalue weighted by Crippen LogP contribution is -2.43. The first-order valence-electron chi connectivity index (χ1n) is 8.78. The first-order valence-corrected chi connectivity index (χ1v) is 8.78. The Morgan fingerprint density at radius 1 is 1.17 bits per heavy atom. The summed E-state index contributed by atoms with van der Waals surface area (Å²) in [6.45, 7) is 6.36. The Balaban J connectivity index is 1.81. The number of ether oxygens (including phenoxy) is 1. The van der Waals surface area contributed by atoms with Crippen LogP contribution in [0.5, 0.6) is 0 Å². The van der Waals surface area contributed by atoms with E-state index in [1.807, 2.05) is 13.8 Å². The molecular weight excluding hydrogens is 304 g/mol. The maximum atomic E-state index is 12.9. The van der Waals surface area contributed by atoms with Crippen LogP contribution in [0.4, 0.5) is 0 Å². The molecule has 1 heterocycles. The van der Waals surface area contributed by atoms with E-state index in [1.54, 1.807) is 6.08 Å². The van der Waals surface area contributed by atoms with Crippen LogP contribution in [0.1, 0.15) is 46.5 Å². The first-order chi connectivity index (χ1) is 11.3. The molecule has 4 heteroatoms. The van der Waals surface area contributed by atoms with Gasteiger partial charge in [-0.2, -0.15) is 0 Å². The molecular formula is C20H22O4. The number of hydrogen-bond acceptors (Lipinski definition) is 4. The standard InChI is InChI=1S/C20H22O4/c1-10(2)13-8-16(21)17-12(18(13)22)4-5-15-14-9-24-19(23)11(14)6-7-20(15,17)3/h8,10,15H,4-7,9H2,1-3H3/t15-,20-/m0/s1. The van der Waals surface area contributed by atoms with Crippen LogP contribution in [0.25, 0.3) is 0 Å². The molecule has 0 fully saturated rings. The predicted octanol–water partition coefficient (Wildman–Crippen LogP) is 3.08. The third-order valence-corrected chi connectivity index (χ3v) is 6.32. The van der Waals surface area contributed by atoms with Crippen molar-refractivity contribution >= 4 is 17.5 Å². The minimum atomic E-state index is -0.355. The fourth-order valence-corrected chi connectivity index (χ4v) is 5.06. The Kier molecular flexibility index (Phi) is 3.25. The van der Waals surface area contributed by atoms with Crippen LogP contribution in [-0.2, 0) is 19.1 Å². The number of allylic oxidation sites excluding steroid dienone is 4. The summed E-state index contributed by atoms with van der Waals surface area (Å²) in [5.41, 5.74) is 3.59. The Bertz CT molecular complexity index is 777. The van der Waals surface area contributed by atoms with Crippen LogP contribution in [0, 0.1) is 17.3 Å². The molecule has 0 saturated carbocycles. The van der Waals surface area contributed by atoms with Gasteiger partial charge in [0.15, 0.2) is 11.6 Å². The third kappa shape index (κ3) is 1.89. The lowest BCUT2D eigenvalue weighted by Gasteiger charge is -2.47. The molecule has 0 aromatic rings. The second-order valence-electron chi connectivity index (χ2n) is 7.89. The van der Waals surface area contributed by atoms with Gasteiger partial charge in [0, 0.05) is 27.7 Å². The van der Waals surface area contributed by atoms with Crippen LogP contribution in [0.3, 0.4) is 0 Å². The molecule has 4 rings (SSSR count). The topological polar surface area (TPSA) is 60.4 Å². The van der Waals surface area contributed by atoms with Gasteiger partial charge in [0.25, 0.3) is 0 Å². The lowest BCUT2D eigenvalue weighted by molar-refractivity contribution is -0.136. The van der Waals surface area contributed by atoms with E-state index in [1.165, 1.54) is 0 Å². The molecule has 24 heavy (non-hydrogen) atoms. The van der Waals surface area contributed by atoms with E-state index in [-0.39, 0.29) is 34.8 Å². The van der Waals surface area contributed by atoms with Crippen molar-refractivity contribution < 1.29 is 19.1 Å². The molecule has 0 unspecified atom stereocenters. The van der Waals surface area contributed by atoms with Crippen molar-refractivity contribution in [1.29, 1.82) is 0 Å². The maximum Gasteiger partial charge on any atom is 0.334 e. The van der Waals surface area contributed by atoms with Gasteiger partial charge in [0.05, 0.1) is 0 Å². The Morgan fingerprint density at radius 3 is 2.62 bits per heavy atom. The number of esters is 1. The fourth-order valence-electron chi connectivity index (χ4n) is 5.06. The fraction of sp³-hybridized carbons (Fsp3) is 0.550. The molecule has 0 aromatic heterocycles. The summed E-state index contributed by atoms with van der Waals surface area (Å²) in [6, 6.07) is 0. The van der Waals surface area contributed by atoms with Gasteiger partial charge in [0.1, 0.15) is 6.61 Å². The maximum absolute atomic E-state index is 12.9. The molecule has 3 aliphatic carbocycles. The second-order valence-corrected chi connectivity index (χ2v) is 7.89. The molecule has 2 atom stereocenters. The summed E-state index contributed by atoms with van der Waals surface area (Å²) in [5.74, 6) is 0.0483. The Morgan fingerprint density at radius 2 is 1.92 bits per heavy atom. The van der Waals surface area contributed by atoms with E-state index >= 15 is 0 Å². The molecule has 0 amide bonds. The molecule has 0 radical (unpaired) electrons. The molecule has 0 N–H and O–H groups in total. The van der Waals surface area contributed by atoms with Crippen molar-refractivity contribution in [3.8, 4) is 0 Å². The zero-order valence-corrected chi connectivity index (χ0v) is 14.4. The van der Waals surface area contributed by atoms with Gasteiger partial charge in [-0.3, -0.25) is 9.59 Å². The number of carbonyl (C=O) groups is 3. The Labute approximate surface area is 141 Å². The van der Waals surface area contributed by atoms with Crippen LogP contribution in [-0.4, -0.2) is 24.1 Å². The first kappa shape index (κ1) is 15.6. The van der Waals surface area contributed by atoms with Gasteiger partial charge in [0.2, 0.25) is 0 Å². The van der Waals surface area contributed by atoms with Crippen molar-refractivity contribution in [1.82, 2.24) is 0 Å². The van der Waals surface area contributed by atoms with Gasteiger partial charge < -0.3 is 4.74 Å². The van der Waals surface area contributed by atoms with E-state index in [4.69, 9.17) is 4.74 Å². The number of ketones is 2. The molecule has 1 aliphatic heterocycles. The highest BCUT2D eigenvalue weighted by Crippen LogP contribution is 2.57. The average Bonchev–Trinajstić information content (AvgIpc) is 2.90. The van der Waals surface area contributed by atoms with Crippen LogP contribution in [0.2, 0.25) is 0 Å². The van der Waals surface area contributed by atoms with Crippen LogP contribution < -0.4 is 0 Å². The number of rotatable bonds is 1. The highest BCUT2D eigenvalue weighted by Gasteiger charge is 2.52. The molecule has 0 aromatic carbocycles. The van der Waals surface area contributed by atoms with Crippen LogP contribution in [0.15, 0.2) is 33.9 Å². The smallest absolute Gasteiger partial charge is 0.334 e. The number of Topliss-reactive ketones (excluding diaryl/α,β-unsaturated/α-hetero) is 1. The van der Waals surface area contributed by atoms with Gasteiger partial charge in [-0.05, 0) is 49.2 Å². The number of carbonyl (C=O) groups excluding carboxylic acids is 3. The van der Waals surface area contributed by atoms with Gasteiger partial charge >= 0.3 is 5.97 Å². The third-order valence-electron chi connectivity index (χ3n) is 6.32. The average molecular weight is 326 g/mol. The summed E-state index contributed by atoms with van der Waals surface area (Å²) in [6.07, 6.45) is 4.36. The normalized spacial score (nSPS) is 32.6. The summed E-state index contributed by atoms with van der Waals surface area (Å²) in [4.78, 5) is 37.7. The van der Waals surface area contributed by atoms with E-state index < -0.39 is 0 Å². The molecule has 4 nitrogen and oxygen atoms in total. The van der Waals surface area contributed by atoms with E-state index in [9.17, 15) is 14.4 Å². The van der Waals surface area contributed by atoms with Crippen molar-refractivity contribution in [2.75, 3.05) is 6.61 Å². The second kappa shape index (κ2) is 5.01. The summed E-state index contributed by atoms with van der Waals surface area (Å²) < 4.78 is 5.23. The lowest BCUT2D eigenvalue weighted by atomic mass is 9.54. The number of hydrogen-bond donors (Lipinski definition) is 0. The SMILES string of the molecule is CC(C)C1=CC(=O)C2=C(CC[C@H]3C4=C(CC[C@]23C)C(=O)OC4)C1=O. The van der Waals surface area contributed by atoms with Crippen molar-refractivity contribution in [3.05, 3.63) is 33.9 Å². The molecule has 4 aliphatic rings. The minimum absolute atomic E-state index is 0.00482. The molecule has 126 valence electrons. The zero-order valence-electron chi connectivity index (χ0n) is 14.4. The minimum Gasteiger partial charge on any atom is -0.458 e. The highest BCUT2D eigenvalue weighted by atomic mass is 16.5. The largest absolute Gasteiger partial charge is 0.458 e. The summed E-state index contributed by atoms with van der Waals surface area (Å²) in [7, 11) is 0. The van der Waals surface area contributed by atoms with Crippen LogP contribution >= 0.6 is 0 Å². The Hall–Kier alpha value is -1.97. The van der Waals surface area contributed by atoms with Gasteiger partial charge in [-0.25, -0.2) is 4.79 Å². The zero-order chi connectivity index (χ0) is 17.2. The summed E-state index contributed by atoms with van der Waals surface area (Å²) in [5, 5.41) is 0. The number of fused-ring (bicyclic) bond motifs is 3. The van der Waals surface area contributed by atoms with E-state index in [0.717, 1.165) is 29.6 Å². The van der Waals surface area contributed by atoms with Crippen molar-refractivity contribution in [2.45, 2.75) is 46.5 Å². The molecule has 0 bridgehead atoms. The van der Waals surface area contributed by atoms with Gasteiger partial charge in [-0.15, -0.1) is 0 Å². The quantitative estimate of drug-likeness (QED) is 0.549. The monoisotopic (exact) mass is 326 g/mol. The van der Waals surface area contributed by atoms with Crippen molar-refractivity contribution in [2.24, 2.45) is 17.3 Å².